The lowest BCUT2D eigenvalue weighted by Gasteiger charge is -2.16. The maximum Gasteiger partial charge on any atom is 0.402 e. The second kappa shape index (κ2) is 4.62. The van der Waals surface area contributed by atoms with Crippen LogP contribution in [-0.4, -0.2) is 24.4 Å². The minimum atomic E-state index is -4.65. The first-order valence-electron chi connectivity index (χ1n) is 5.52. The second-order valence-electron chi connectivity index (χ2n) is 4.32. The molecule has 1 aliphatic rings. The molecular formula is C11H12F3NO3. The molecule has 4 nitrogen and oxygen atoms in total. The zero-order valence-electron chi connectivity index (χ0n) is 9.66. The smallest absolute Gasteiger partial charge is 0.402 e. The number of methoxy groups -OCH3 is 1. The van der Waals surface area contributed by atoms with Crippen molar-refractivity contribution in [1.82, 2.24) is 5.16 Å². The lowest BCUT2D eigenvalue weighted by atomic mass is 10.0. The van der Waals surface area contributed by atoms with Crippen molar-refractivity contribution in [2.75, 3.05) is 7.11 Å². The fourth-order valence-electron chi connectivity index (χ4n) is 1.67. The van der Waals surface area contributed by atoms with Gasteiger partial charge in [0.1, 0.15) is 5.76 Å². The van der Waals surface area contributed by atoms with Crippen LogP contribution in [0, 0.1) is 5.92 Å². The summed E-state index contributed by atoms with van der Waals surface area (Å²) in [6.45, 7) is 0. The molecule has 0 N–H and O–H groups in total. The van der Waals surface area contributed by atoms with Crippen LogP contribution in [0.15, 0.2) is 10.6 Å². The Kier molecular flexibility index (Phi) is 3.32. The lowest BCUT2D eigenvalue weighted by molar-refractivity contribution is -0.195. The Morgan fingerprint density at radius 3 is 2.78 bits per heavy atom. The van der Waals surface area contributed by atoms with E-state index in [1.807, 2.05) is 0 Å². The molecule has 1 aliphatic carbocycles. The first-order valence-corrected chi connectivity index (χ1v) is 5.52. The van der Waals surface area contributed by atoms with Crippen molar-refractivity contribution in [1.29, 1.82) is 0 Å². The summed E-state index contributed by atoms with van der Waals surface area (Å²) in [4.78, 5) is 11.1. The van der Waals surface area contributed by atoms with Crippen molar-refractivity contribution >= 4 is 5.97 Å². The van der Waals surface area contributed by atoms with Crippen molar-refractivity contribution in [3.05, 3.63) is 17.5 Å². The maximum atomic E-state index is 12.7. The first-order chi connectivity index (χ1) is 8.41. The maximum absolute atomic E-state index is 12.7. The number of rotatable bonds is 4. The van der Waals surface area contributed by atoms with Gasteiger partial charge in [-0.1, -0.05) is 5.16 Å². The fraction of sp³-hybridized carbons (Fsp3) is 0.636. The van der Waals surface area contributed by atoms with E-state index in [0.29, 0.717) is 5.76 Å². The van der Waals surface area contributed by atoms with Crippen LogP contribution in [0.1, 0.15) is 30.2 Å². The molecule has 1 heterocycles. The molecule has 0 aliphatic heterocycles. The number of carbonyl (C=O) groups is 1. The van der Waals surface area contributed by atoms with Gasteiger partial charge < -0.3 is 9.26 Å². The summed E-state index contributed by atoms with van der Waals surface area (Å²) in [5.41, 5.74) is 0.129. The van der Waals surface area contributed by atoms with Gasteiger partial charge in [0.2, 0.25) is 0 Å². The molecule has 1 unspecified atom stereocenters. The van der Waals surface area contributed by atoms with Crippen molar-refractivity contribution in [2.24, 2.45) is 5.92 Å². The highest BCUT2D eigenvalue weighted by Crippen LogP contribution is 2.40. The van der Waals surface area contributed by atoms with Gasteiger partial charge in [-0.25, -0.2) is 0 Å². The van der Waals surface area contributed by atoms with E-state index < -0.39 is 24.5 Å². The Hall–Kier alpha value is -1.53. The number of esters is 1. The standard InChI is InChI=1S/C11H12F3NO3/c1-17-10(16)8(11(12,13)14)4-7-5-9(18-15-7)6-2-3-6/h5-6,8H,2-4H2,1H3. The van der Waals surface area contributed by atoms with Crippen LogP contribution in [-0.2, 0) is 16.0 Å². The fourth-order valence-corrected chi connectivity index (χ4v) is 1.67. The van der Waals surface area contributed by atoms with Gasteiger partial charge in [0.15, 0.2) is 5.92 Å². The van der Waals surface area contributed by atoms with E-state index in [4.69, 9.17) is 4.52 Å². The predicted octanol–water partition coefficient (Wildman–Crippen LogP) is 2.45. The van der Waals surface area contributed by atoms with Gasteiger partial charge in [-0.15, -0.1) is 0 Å². The monoisotopic (exact) mass is 263 g/mol. The Morgan fingerprint density at radius 2 is 2.28 bits per heavy atom. The number of aromatic nitrogens is 1. The second-order valence-corrected chi connectivity index (χ2v) is 4.32. The van der Waals surface area contributed by atoms with Gasteiger partial charge in [-0.3, -0.25) is 4.79 Å². The highest BCUT2D eigenvalue weighted by molar-refractivity contribution is 5.73. The Bertz CT molecular complexity index is 437. The van der Waals surface area contributed by atoms with Crippen LogP contribution in [0.3, 0.4) is 0 Å². The third-order valence-electron chi connectivity index (χ3n) is 2.85. The van der Waals surface area contributed by atoms with Crippen LogP contribution in [0.25, 0.3) is 0 Å². The van der Waals surface area contributed by atoms with Gasteiger partial charge in [0.05, 0.1) is 12.8 Å². The van der Waals surface area contributed by atoms with E-state index in [2.05, 4.69) is 9.89 Å². The molecule has 100 valence electrons. The Labute approximate surface area is 101 Å². The molecule has 0 aromatic carbocycles. The van der Waals surface area contributed by atoms with Crippen LogP contribution in [0.5, 0.6) is 0 Å². The average molecular weight is 263 g/mol. The molecule has 18 heavy (non-hydrogen) atoms. The summed E-state index contributed by atoms with van der Waals surface area (Å²) in [6, 6.07) is 1.49. The lowest BCUT2D eigenvalue weighted by Crippen LogP contribution is -2.33. The molecule has 2 rings (SSSR count). The Morgan fingerprint density at radius 1 is 1.61 bits per heavy atom. The zero-order valence-corrected chi connectivity index (χ0v) is 9.66. The van der Waals surface area contributed by atoms with E-state index in [0.717, 1.165) is 20.0 Å². The van der Waals surface area contributed by atoms with Crippen molar-refractivity contribution in [3.8, 4) is 0 Å². The molecule has 0 spiro atoms. The molecule has 1 fully saturated rings. The molecule has 0 bridgehead atoms. The number of hydrogen-bond donors (Lipinski definition) is 0. The summed E-state index contributed by atoms with van der Waals surface area (Å²) in [7, 11) is 0.930. The number of halogens is 3. The van der Waals surface area contributed by atoms with E-state index in [9.17, 15) is 18.0 Å². The highest BCUT2D eigenvalue weighted by Gasteiger charge is 2.46. The van der Waals surface area contributed by atoms with Gasteiger partial charge in [-0.05, 0) is 12.8 Å². The minimum absolute atomic E-state index is 0.129. The predicted molar refractivity (Wildman–Crippen MR) is 53.7 cm³/mol. The van der Waals surface area contributed by atoms with Gasteiger partial charge >= 0.3 is 12.1 Å². The molecule has 0 saturated heterocycles. The Balaban J connectivity index is 2.09. The quantitative estimate of drug-likeness (QED) is 0.783. The third kappa shape index (κ3) is 2.83. The van der Waals surface area contributed by atoms with E-state index in [-0.39, 0.29) is 11.6 Å². The van der Waals surface area contributed by atoms with Crippen molar-refractivity contribution < 1.29 is 27.2 Å². The SMILES string of the molecule is COC(=O)C(Cc1cc(C2CC2)on1)C(F)(F)F. The number of alkyl halides is 3. The molecule has 1 aromatic rings. The van der Waals surface area contributed by atoms with Gasteiger partial charge in [0.25, 0.3) is 0 Å². The summed E-state index contributed by atoms with van der Waals surface area (Å²) in [5.74, 6) is -2.64. The van der Waals surface area contributed by atoms with E-state index in [1.54, 1.807) is 0 Å². The molecular weight excluding hydrogens is 251 g/mol. The zero-order chi connectivity index (χ0) is 13.3. The summed E-state index contributed by atoms with van der Waals surface area (Å²) in [6.07, 6.45) is -3.26. The minimum Gasteiger partial charge on any atom is -0.469 e. The highest BCUT2D eigenvalue weighted by atomic mass is 19.4. The average Bonchev–Trinajstić information content (AvgIpc) is 3.04. The summed E-state index contributed by atoms with van der Waals surface area (Å²) < 4.78 is 47.1. The molecule has 7 heteroatoms. The van der Waals surface area contributed by atoms with Crippen LogP contribution in [0.4, 0.5) is 13.2 Å². The molecule has 1 aromatic heterocycles. The summed E-state index contributed by atoms with van der Waals surface area (Å²) >= 11 is 0. The van der Waals surface area contributed by atoms with Crippen LogP contribution < -0.4 is 0 Å². The number of hydrogen-bond acceptors (Lipinski definition) is 4. The normalized spacial score (nSPS) is 17.6. The van der Waals surface area contributed by atoms with Crippen molar-refractivity contribution in [2.45, 2.75) is 31.4 Å². The third-order valence-corrected chi connectivity index (χ3v) is 2.85. The largest absolute Gasteiger partial charge is 0.469 e. The number of nitrogens with zero attached hydrogens (tertiary/aromatic N) is 1. The molecule has 1 saturated carbocycles. The van der Waals surface area contributed by atoms with Crippen LogP contribution >= 0.6 is 0 Å². The van der Waals surface area contributed by atoms with Crippen molar-refractivity contribution in [3.63, 3.8) is 0 Å². The summed E-state index contributed by atoms with van der Waals surface area (Å²) in [5, 5.41) is 3.56. The molecule has 0 amide bonds. The number of carbonyl (C=O) groups excluding carboxylic acids is 1. The van der Waals surface area contributed by atoms with Gasteiger partial charge in [-0.2, -0.15) is 13.2 Å². The van der Waals surface area contributed by atoms with Crippen LogP contribution in [0.2, 0.25) is 0 Å². The van der Waals surface area contributed by atoms with E-state index in [1.165, 1.54) is 6.07 Å². The van der Waals surface area contributed by atoms with Gasteiger partial charge in [0, 0.05) is 18.4 Å². The number of ether oxygens (including phenoxy) is 1. The molecule has 0 radical (unpaired) electrons. The topological polar surface area (TPSA) is 52.3 Å². The van der Waals surface area contributed by atoms with E-state index >= 15 is 0 Å². The first kappa shape index (κ1) is 12.9. The molecule has 1 atom stereocenters.